The molecule has 0 radical (unpaired) electrons. The summed E-state index contributed by atoms with van der Waals surface area (Å²) in [5.41, 5.74) is 3.87. The van der Waals surface area contributed by atoms with Crippen molar-refractivity contribution in [1.29, 1.82) is 0 Å². The molecule has 4 heteroatoms. The summed E-state index contributed by atoms with van der Waals surface area (Å²) in [4.78, 5) is 23.9. The molecule has 0 fully saturated rings. The lowest BCUT2D eigenvalue weighted by Gasteiger charge is -2.11. The van der Waals surface area contributed by atoms with Crippen LogP contribution in [0.5, 0.6) is 0 Å². The maximum Gasteiger partial charge on any atom is 0.272 e. The molecule has 2 aromatic carbocycles. The molecule has 0 spiro atoms. The van der Waals surface area contributed by atoms with E-state index in [-0.39, 0.29) is 17.5 Å². The SMILES string of the molecule is CC(=O)N/C(=C\c1ccccc1C)C(=O)Nc1cccc(C)c1. The zero-order valence-corrected chi connectivity index (χ0v) is 13.5. The highest BCUT2D eigenvalue weighted by Crippen LogP contribution is 2.14. The first kappa shape index (κ1) is 16.5. The normalized spacial score (nSPS) is 11.0. The Morgan fingerprint density at radius 2 is 1.74 bits per heavy atom. The van der Waals surface area contributed by atoms with E-state index in [0.717, 1.165) is 16.7 Å². The highest BCUT2D eigenvalue weighted by atomic mass is 16.2. The van der Waals surface area contributed by atoms with Crippen LogP contribution in [0, 0.1) is 13.8 Å². The van der Waals surface area contributed by atoms with Crippen molar-refractivity contribution in [3.63, 3.8) is 0 Å². The zero-order chi connectivity index (χ0) is 16.8. The molecule has 0 aromatic heterocycles. The molecule has 2 N–H and O–H groups in total. The molecule has 0 heterocycles. The van der Waals surface area contributed by atoms with Crippen LogP contribution in [0.15, 0.2) is 54.2 Å². The molecule has 2 amide bonds. The van der Waals surface area contributed by atoms with Crippen LogP contribution in [0.3, 0.4) is 0 Å². The molecule has 0 aliphatic carbocycles. The van der Waals surface area contributed by atoms with E-state index in [4.69, 9.17) is 0 Å². The average Bonchev–Trinajstić information content (AvgIpc) is 2.48. The Morgan fingerprint density at radius 1 is 1.00 bits per heavy atom. The van der Waals surface area contributed by atoms with Crippen molar-refractivity contribution in [2.45, 2.75) is 20.8 Å². The van der Waals surface area contributed by atoms with E-state index in [0.29, 0.717) is 5.69 Å². The van der Waals surface area contributed by atoms with Crippen LogP contribution in [0.4, 0.5) is 5.69 Å². The molecule has 0 bridgehead atoms. The van der Waals surface area contributed by atoms with Crippen LogP contribution in [0.25, 0.3) is 6.08 Å². The van der Waals surface area contributed by atoms with Gasteiger partial charge in [-0.05, 0) is 48.7 Å². The van der Waals surface area contributed by atoms with Gasteiger partial charge in [0.1, 0.15) is 5.70 Å². The Labute approximate surface area is 136 Å². The van der Waals surface area contributed by atoms with Gasteiger partial charge in [0.2, 0.25) is 5.91 Å². The second kappa shape index (κ2) is 7.40. The number of hydrogen-bond donors (Lipinski definition) is 2. The summed E-state index contributed by atoms with van der Waals surface area (Å²) >= 11 is 0. The summed E-state index contributed by atoms with van der Waals surface area (Å²) in [6.45, 7) is 5.29. The number of carbonyl (C=O) groups excluding carboxylic acids is 2. The van der Waals surface area contributed by atoms with Gasteiger partial charge in [0.15, 0.2) is 0 Å². The maximum atomic E-state index is 12.5. The van der Waals surface area contributed by atoms with Crippen LogP contribution < -0.4 is 10.6 Å². The minimum absolute atomic E-state index is 0.216. The topological polar surface area (TPSA) is 58.2 Å². The molecule has 2 aromatic rings. The molecule has 0 atom stereocenters. The van der Waals surface area contributed by atoms with Crippen LogP contribution >= 0.6 is 0 Å². The molecule has 0 unspecified atom stereocenters. The number of anilines is 1. The quantitative estimate of drug-likeness (QED) is 0.850. The molecule has 0 saturated heterocycles. The van der Waals surface area contributed by atoms with Gasteiger partial charge in [-0.25, -0.2) is 0 Å². The fraction of sp³-hybridized carbons (Fsp3) is 0.158. The second-order valence-electron chi connectivity index (χ2n) is 5.42. The zero-order valence-electron chi connectivity index (χ0n) is 13.5. The van der Waals surface area contributed by atoms with Crippen molar-refractivity contribution < 1.29 is 9.59 Å². The molecule has 2 rings (SSSR count). The second-order valence-corrected chi connectivity index (χ2v) is 5.42. The third-order valence-corrected chi connectivity index (χ3v) is 3.32. The molecule has 0 aliphatic rings. The van der Waals surface area contributed by atoms with Crippen molar-refractivity contribution in [3.05, 3.63) is 70.9 Å². The third kappa shape index (κ3) is 4.81. The molecule has 118 valence electrons. The summed E-state index contributed by atoms with van der Waals surface area (Å²) in [5, 5.41) is 5.41. The number of nitrogens with one attached hydrogen (secondary N) is 2. The Balaban J connectivity index is 2.29. The fourth-order valence-electron chi connectivity index (χ4n) is 2.17. The van der Waals surface area contributed by atoms with Gasteiger partial charge >= 0.3 is 0 Å². The van der Waals surface area contributed by atoms with E-state index in [1.54, 1.807) is 6.08 Å². The van der Waals surface area contributed by atoms with Crippen LogP contribution in [0.1, 0.15) is 23.6 Å². The first-order chi connectivity index (χ1) is 11.0. The van der Waals surface area contributed by atoms with Crippen LogP contribution in [-0.4, -0.2) is 11.8 Å². The Bertz CT molecular complexity index is 763. The minimum atomic E-state index is -0.353. The van der Waals surface area contributed by atoms with Crippen LogP contribution in [-0.2, 0) is 9.59 Å². The molecular weight excluding hydrogens is 288 g/mol. The van der Waals surface area contributed by atoms with Gasteiger partial charge in [0.05, 0.1) is 0 Å². The molecule has 23 heavy (non-hydrogen) atoms. The lowest BCUT2D eigenvalue weighted by Crippen LogP contribution is -2.29. The fourth-order valence-corrected chi connectivity index (χ4v) is 2.17. The smallest absolute Gasteiger partial charge is 0.272 e. The van der Waals surface area contributed by atoms with Gasteiger partial charge in [-0.3, -0.25) is 9.59 Å². The van der Waals surface area contributed by atoms with E-state index in [1.807, 2.05) is 62.4 Å². The molecule has 4 nitrogen and oxygen atoms in total. The Morgan fingerprint density at radius 3 is 2.39 bits per heavy atom. The van der Waals surface area contributed by atoms with Gasteiger partial charge in [0, 0.05) is 12.6 Å². The van der Waals surface area contributed by atoms with Gasteiger partial charge in [-0.1, -0.05) is 36.4 Å². The predicted octanol–water partition coefficient (Wildman–Crippen LogP) is 3.42. The van der Waals surface area contributed by atoms with Crippen molar-refractivity contribution >= 4 is 23.6 Å². The third-order valence-electron chi connectivity index (χ3n) is 3.32. The van der Waals surface area contributed by atoms with E-state index in [9.17, 15) is 9.59 Å². The van der Waals surface area contributed by atoms with Gasteiger partial charge in [-0.2, -0.15) is 0 Å². The minimum Gasteiger partial charge on any atom is -0.322 e. The average molecular weight is 308 g/mol. The summed E-state index contributed by atoms with van der Waals surface area (Å²) in [5.74, 6) is -0.640. The number of hydrogen-bond acceptors (Lipinski definition) is 2. The van der Waals surface area contributed by atoms with E-state index in [1.165, 1.54) is 6.92 Å². The lowest BCUT2D eigenvalue weighted by molar-refractivity contribution is -0.120. The van der Waals surface area contributed by atoms with E-state index < -0.39 is 0 Å². The molecule has 0 aliphatic heterocycles. The van der Waals surface area contributed by atoms with Crippen molar-refractivity contribution in [1.82, 2.24) is 5.32 Å². The van der Waals surface area contributed by atoms with E-state index in [2.05, 4.69) is 10.6 Å². The standard InChI is InChI=1S/C19H20N2O2/c1-13-7-6-10-17(11-13)21-19(23)18(20-15(3)22)12-16-9-5-4-8-14(16)2/h4-12H,1-3H3,(H,20,22)(H,21,23)/b18-12-. The summed E-state index contributed by atoms with van der Waals surface area (Å²) in [6, 6.07) is 15.2. The van der Waals surface area contributed by atoms with E-state index >= 15 is 0 Å². The molecule has 0 saturated carbocycles. The number of rotatable bonds is 4. The van der Waals surface area contributed by atoms with Gasteiger partial charge < -0.3 is 10.6 Å². The van der Waals surface area contributed by atoms with Crippen molar-refractivity contribution in [2.24, 2.45) is 0 Å². The van der Waals surface area contributed by atoms with Crippen molar-refractivity contribution in [2.75, 3.05) is 5.32 Å². The number of carbonyl (C=O) groups is 2. The summed E-state index contributed by atoms with van der Waals surface area (Å²) < 4.78 is 0. The first-order valence-electron chi connectivity index (χ1n) is 7.38. The highest BCUT2D eigenvalue weighted by Gasteiger charge is 2.12. The monoisotopic (exact) mass is 308 g/mol. The highest BCUT2D eigenvalue weighted by molar-refractivity contribution is 6.08. The molecular formula is C19H20N2O2. The number of amides is 2. The van der Waals surface area contributed by atoms with Crippen LogP contribution in [0.2, 0.25) is 0 Å². The number of aryl methyl sites for hydroxylation is 2. The Kier molecular flexibility index (Phi) is 5.31. The summed E-state index contributed by atoms with van der Waals surface area (Å²) in [7, 11) is 0. The predicted molar refractivity (Wildman–Crippen MR) is 92.8 cm³/mol. The Hall–Kier alpha value is -2.88. The lowest BCUT2D eigenvalue weighted by atomic mass is 10.1. The first-order valence-corrected chi connectivity index (χ1v) is 7.38. The number of benzene rings is 2. The van der Waals surface area contributed by atoms with Gasteiger partial charge in [-0.15, -0.1) is 0 Å². The van der Waals surface area contributed by atoms with Crippen molar-refractivity contribution in [3.8, 4) is 0 Å². The van der Waals surface area contributed by atoms with Gasteiger partial charge in [0.25, 0.3) is 5.91 Å². The largest absolute Gasteiger partial charge is 0.322 e. The maximum absolute atomic E-state index is 12.5. The summed E-state index contributed by atoms with van der Waals surface area (Å²) in [6.07, 6.45) is 1.68.